The molecule has 0 bridgehead atoms. The van der Waals surface area contributed by atoms with Crippen LogP contribution in [0.15, 0.2) is 42.5 Å². The van der Waals surface area contributed by atoms with Crippen LogP contribution >= 0.6 is 11.6 Å². The average molecular weight is 373 g/mol. The van der Waals surface area contributed by atoms with Crippen molar-refractivity contribution in [2.24, 2.45) is 0 Å². The van der Waals surface area contributed by atoms with Crippen LogP contribution in [-0.4, -0.2) is 17.1 Å². The molecule has 0 fully saturated rings. The van der Waals surface area contributed by atoms with Gasteiger partial charge in [-0.15, -0.1) is 0 Å². The molecule has 0 aliphatic carbocycles. The Morgan fingerprint density at radius 3 is 2.50 bits per heavy atom. The summed E-state index contributed by atoms with van der Waals surface area (Å²) in [5, 5.41) is 6.72. The number of nitrogens with zero attached hydrogens (tertiary/aromatic N) is 2. The van der Waals surface area contributed by atoms with E-state index >= 15 is 0 Å². The van der Waals surface area contributed by atoms with Crippen molar-refractivity contribution in [1.29, 1.82) is 0 Å². The minimum atomic E-state index is -0.373. The lowest BCUT2D eigenvalue weighted by molar-refractivity contribution is 0.416. The highest BCUT2D eigenvalue weighted by Crippen LogP contribution is 2.33. The quantitative estimate of drug-likeness (QED) is 0.629. The normalized spacial score (nSPS) is 10.5. The van der Waals surface area contributed by atoms with E-state index < -0.39 is 0 Å². The van der Waals surface area contributed by atoms with Gasteiger partial charge < -0.3 is 15.4 Å². The summed E-state index contributed by atoms with van der Waals surface area (Å²) in [5.41, 5.74) is 2.67. The standard InChI is InChI=1S/C19H18ClFN4O/c1-11-8-16(17(26-3)10-13(11)20)23-18-9-12(2)22-19(25-18)24-15-7-5-4-6-14(15)21/h4-10H,1-3H3,(H2,22,23,24,25). The van der Waals surface area contributed by atoms with Gasteiger partial charge in [0.2, 0.25) is 5.95 Å². The maximum absolute atomic E-state index is 13.8. The van der Waals surface area contributed by atoms with E-state index in [1.165, 1.54) is 6.07 Å². The number of hydrogen-bond acceptors (Lipinski definition) is 5. The summed E-state index contributed by atoms with van der Waals surface area (Å²) in [4.78, 5) is 8.71. The van der Waals surface area contributed by atoms with Gasteiger partial charge >= 0.3 is 0 Å². The first-order valence-electron chi connectivity index (χ1n) is 7.94. The molecule has 0 amide bonds. The number of hydrogen-bond donors (Lipinski definition) is 2. The lowest BCUT2D eigenvalue weighted by Crippen LogP contribution is -2.04. The van der Waals surface area contributed by atoms with Crippen LogP contribution in [0.5, 0.6) is 5.75 Å². The molecule has 134 valence electrons. The van der Waals surface area contributed by atoms with E-state index in [2.05, 4.69) is 20.6 Å². The number of halogens is 2. The number of anilines is 4. The van der Waals surface area contributed by atoms with Crippen molar-refractivity contribution in [2.45, 2.75) is 13.8 Å². The number of ether oxygens (including phenoxy) is 1. The predicted octanol–water partition coefficient (Wildman–Crippen LogP) is 5.38. The summed E-state index contributed by atoms with van der Waals surface area (Å²) >= 11 is 6.14. The summed E-state index contributed by atoms with van der Waals surface area (Å²) in [6.07, 6.45) is 0. The van der Waals surface area contributed by atoms with Gasteiger partial charge in [-0.1, -0.05) is 23.7 Å². The van der Waals surface area contributed by atoms with Crippen LogP contribution in [0.3, 0.4) is 0 Å². The van der Waals surface area contributed by atoms with E-state index in [4.69, 9.17) is 16.3 Å². The monoisotopic (exact) mass is 372 g/mol. The summed E-state index contributed by atoms with van der Waals surface area (Å²) in [5.74, 6) is 1.07. The third-order valence-electron chi connectivity index (χ3n) is 3.72. The van der Waals surface area contributed by atoms with Gasteiger partial charge in [-0.25, -0.2) is 9.37 Å². The molecule has 3 rings (SSSR count). The molecule has 2 N–H and O–H groups in total. The summed E-state index contributed by atoms with van der Waals surface area (Å²) in [6.45, 7) is 3.74. The largest absolute Gasteiger partial charge is 0.495 e. The lowest BCUT2D eigenvalue weighted by atomic mass is 10.2. The van der Waals surface area contributed by atoms with Crippen LogP contribution in [0.25, 0.3) is 0 Å². The second-order valence-corrected chi connectivity index (χ2v) is 6.16. The van der Waals surface area contributed by atoms with Gasteiger partial charge in [-0.05, 0) is 37.6 Å². The molecule has 5 nitrogen and oxygen atoms in total. The van der Waals surface area contributed by atoms with Crippen LogP contribution in [0.4, 0.5) is 27.5 Å². The number of rotatable bonds is 5. The molecule has 0 aliphatic rings. The molecule has 0 spiro atoms. The van der Waals surface area contributed by atoms with E-state index in [0.717, 1.165) is 16.9 Å². The number of benzene rings is 2. The molecule has 7 heteroatoms. The van der Waals surface area contributed by atoms with Gasteiger partial charge in [0.15, 0.2) is 0 Å². The molecular weight excluding hydrogens is 355 g/mol. The number of para-hydroxylation sites is 1. The molecule has 2 aromatic carbocycles. The molecule has 1 heterocycles. The highest BCUT2D eigenvalue weighted by Gasteiger charge is 2.10. The minimum absolute atomic E-state index is 0.294. The highest BCUT2D eigenvalue weighted by atomic mass is 35.5. The van der Waals surface area contributed by atoms with Crippen LogP contribution in [0, 0.1) is 19.7 Å². The minimum Gasteiger partial charge on any atom is -0.495 e. The molecule has 26 heavy (non-hydrogen) atoms. The predicted molar refractivity (Wildman–Crippen MR) is 102 cm³/mol. The van der Waals surface area contributed by atoms with Gasteiger partial charge in [0.05, 0.1) is 18.5 Å². The van der Waals surface area contributed by atoms with Gasteiger partial charge in [0, 0.05) is 22.8 Å². The van der Waals surface area contributed by atoms with Crippen LogP contribution < -0.4 is 15.4 Å². The Bertz CT molecular complexity index is 949. The Morgan fingerprint density at radius 1 is 1.00 bits per heavy atom. The van der Waals surface area contributed by atoms with E-state index in [1.54, 1.807) is 37.4 Å². The van der Waals surface area contributed by atoms with Gasteiger partial charge in [0.25, 0.3) is 0 Å². The SMILES string of the molecule is COc1cc(Cl)c(C)cc1Nc1cc(C)nc(Nc2ccccc2F)n1. The maximum Gasteiger partial charge on any atom is 0.229 e. The Kier molecular flexibility index (Phi) is 5.23. The Balaban J connectivity index is 1.91. The molecule has 0 unspecified atom stereocenters. The smallest absolute Gasteiger partial charge is 0.229 e. The van der Waals surface area contributed by atoms with Gasteiger partial charge in [-0.3, -0.25) is 0 Å². The van der Waals surface area contributed by atoms with Crippen LogP contribution in [0.1, 0.15) is 11.3 Å². The molecule has 0 atom stereocenters. The molecule has 0 saturated carbocycles. The fraction of sp³-hybridized carbons (Fsp3) is 0.158. The Morgan fingerprint density at radius 2 is 1.77 bits per heavy atom. The second-order valence-electron chi connectivity index (χ2n) is 5.75. The highest BCUT2D eigenvalue weighted by molar-refractivity contribution is 6.31. The van der Waals surface area contributed by atoms with E-state index in [9.17, 15) is 4.39 Å². The van der Waals surface area contributed by atoms with Gasteiger partial charge in [0.1, 0.15) is 17.4 Å². The van der Waals surface area contributed by atoms with Crippen molar-refractivity contribution in [3.8, 4) is 5.75 Å². The van der Waals surface area contributed by atoms with E-state index in [0.29, 0.717) is 28.2 Å². The van der Waals surface area contributed by atoms with Crippen molar-refractivity contribution in [2.75, 3.05) is 17.7 Å². The number of aryl methyl sites for hydroxylation is 2. The third-order valence-corrected chi connectivity index (χ3v) is 4.13. The fourth-order valence-electron chi connectivity index (χ4n) is 2.44. The summed E-state index contributed by atoms with van der Waals surface area (Å²) in [7, 11) is 1.57. The Hall–Kier alpha value is -2.86. The van der Waals surface area contributed by atoms with E-state index in [-0.39, 0.29) is 5.82 Å². The van der Waals surface area contributed by atoms with Crippen LogP contribution in [-0.2, 0) is 0 Å². The van der Waals surface area contributed by atoms with E-state index in [1.807, 2.05) is 19.9 Å². The first-order valence-corrected chi connectivity index (χ1v) is 8.32. The topological polar surface area (TPSA) is 59.1 Å². The van der Waals surface area contributed by atoms with Crippen molar-refractivity contribution < 1.29 is 9.13 Å². The molecular formula is C19H18ClFN4O. The maximum atomic E-state index is 13.8. The van der Waals surface area contributed by atoms with Crippen LogP contribution in [0.2, 0.25) is 5.02 Å². The van der Waals surface area contributed by atoms with Crippen molar-refractivity contribution >= 4 is 34.7 Å². The molecule has 3 aromatic rings. The molecule has 0 saturated heterocycles. The lowest BCUT2D eigenvalue weighted by Gasteiger charge is -2.14. The zero-order valence-electron chi connectivity index (χ0n) is 14.6. The molecule has 0 radical (unpaired) electrons. The number of nitrogens with one attached hydrogen (secondary N) is 2. The number of methoxy groups -OCH3 is 1. The van der Waals surface area contributed by atoms with Crippen molar-refractivity contribution in [3.63, 3.8) is 0 Å². The Labute approximate surface area is 156 Å². The van der Waals surface area contributed by atoms with Crippen molar-refractivity contribution in [1.82, 2.24) is 9.97 Å². The zero-order chi connectivity index (χ0) is 18.7. The molecule has 1 aromatic heterocycles. The van der Waals surface area contributed by atoms with Crippen molar-refractivity contribution in [3.05, 3.63) is 64.6 Å². The molecule has 0 aliphatic heterocycles. The van der Waals surface area contributed by atoms with Gasteiger partial charge in [-0.2, -0.15) is 4.98 Å². The number of aromatic nitrogens is 2. The summed E-state index contributed by atoms with van der Waals surface area (Å²) < 4.78 is 19.2. The second kappa shape index (κ2) is 7.58. The first kappa shape index (κ1) is 17.9. The zero-order valence-corrected chi connectivity index (χ0v) is 15.4. The first-order chi connectivity index (χ1) is 12.5. The fourth-order valence-corrected chi connectivity index (χ4v) is 2.59. The third kappa shape index (κ3) is 4.03. The summed E-state index contributed by atoms with van der Waals surface area (Å²) in [6, 6.07) is 11.8. The average Bonchev–Trinajstić information content (AvgIpc) is 2.59.